The van der Waals surface area contributed by atoms with Crippen LogP contribution in [0.3, 0.4) is 0 Å². The zero-order valence-corrected chi connectivity index (χ0v) is 16.6. The molecule has 0 spiro atoms. The highest BCUT2D eigenvalue weighted by atomic mass is 16.5. The van der Waals surface area contributed by atoms with Gasteiger partial charge in [-0.15, -0.1) is 0 Å². The van der Waals surface area contributed by atoms with Crippen LogP contribution in [-0.2, 0) is 11.2 Å². The summed E-state index contributed by atoms with van der Waals surface area (Å²) < 4.78 is 10.7. The molecule has 0 aromatic carbocycles. The molecule has 7 nitrogen and oxygen atoms in total. The molecule has 28 heavy (non-hydrogen) atoms. The molecule has 0 atom stereocenters. The van der Waals surface area contributed by atoms with Gasteiger partial charge in [-0.2, -0.15) is 4.98 Å². The van der Waals surface area contributed by atoms with Gasteiger partial charge >= 0.3 is 0 Å². The van der Waals surface area contributed by atoms with Crippen LogP contribution in [0.5, 0.6) is 0 Å². The minimum Gasteiger partial charge on any atom is -0.384 e. The zero-order valence-electron chi connectivity index (χ0n) is 16.6. The van der Waals surface area contributed by atoms with Gasteiger partial charge in [0.15, 0.2) is 11.5 Å². The Morgan fingerprint density at radius 3 is 2.75 bits per heavy atom. The van der Waals surface area contributed by atoms with Crippen molar-refractivity contribution in [1.82, 2.24) is 20.1 Å². The Labute approximate surface area is 164 Å². The summed E-state index contributed by atoms with van der Waals surface area (Å²) >= 11 is 0. The van der Waals surface area contributed by atoms with Crippen molar-refractivity contribution in [2.75, 3.05) is 19.0 Å². The first-order valence-electron chi connectivity index (χ1n) is 10.1. The number of rotatable bonds is 6. The van der Waals surface area contributed by atoms with Gasteiger partial charge in [0.2, 0.25) is 0 Å². The molecule has 0 aliphatic heterocycles. The second-order valence-electron chi connectivity index (χ2n) is 7.46. The number of ether oxygens (including phenoxy) is 1. The number of fused-ring (bicyclic) bond motifs is 1. The first-order valence-corrected chi connectivity index (χ1v) is 10.1. The Balaban J connectivity index is 1.74. The lowest BCUT2D eigenvalue weighted by atomic mass is 10.1. The minimum atomic E-state index is 0.434. The largest absolute Gasteiger partial charge is 0.384 e. The number of pyridine rings is 2. The molecule has 0 unspecified atom stereocenters. The van der Waals surface area contributed by atoms with Gasteiger partial charge in [-0.3, -0.25) is 0 Å². The van der Waals surface area contributed by atoms with E-state index in [-0.39, 0.29) is 0 Å². The Bertz CT molecular complexity index is 932. The first kappa shape index (κ1) is 18.8. The van der Waals surface area contributed by atoms with Crippen LogP contribution in [0.4, 0.5) is 5.69 Å². The molecule has 1 aliphatic rings. The van der Waals surface area contributed by atoms with E-state index in [0.717, 1.165) is 28.0 Å². The van der Waals surface area contributed by atoms with Gasteiger partial charge in [0, 0.05) is 36.8 Å². The SMILES string of the molecule is COCCc1noc(-c2cnc3nc(C)ccc3c2NC2CCCCCC2)n1. The van der Waals surface area contributed by atoms with Gasteiger partial charge in [-0.1, -0.05) is 30.8 Å². The third-order valence-electron chi connectivity index (χ3n) is 5.30. The van der Waals surface area contributed by atoms with Gasteiger partial charge in [-0.25, -0.2) is 9.97 Å². The smallest absolute Gasteiger partial charge is 0.261 e. The maximum absolute atomic E-state index is 5.56. The van der Waals surface area contributed by atoms with E-state index in [1.807, 2.05) is 13.0 Å². The molecule has 3 aromatic rings. The lowest BCUT2D eigenvalue weighted by Gasteiger charge is -2.20. The van der Waals surface area contributed by atoms with E-state index >= 15 is 0 Å². The van der Waals surface area contributed by atoms with Gasteiger partial charge in [0.1, 0.15) is 0 Å². The second-order valence-corrected chi connectivity index (χ2v) is 7.46. The predicted octanol–water partition coefficient (Wildman–Crippen LogP) is 4.31. The van der Waals surface area contributed by atoms with Crippen molar-refractivity contribution in [2.45, 2.75) is 57.9 Å². The van der Waals surface area contributed by atoms with Crippen LogP contribution in [0.25, 0.3) is 22.5 Å². The van der Waals surface area contributed by atoms with E-state index < -0.39 is 0 Å². The topological polar surface area (TPSA) is 86.0 Å². The van der Waals surface area contributed by atoms with Crippen molar-refractivity contribution in [3.8, 4) is 11.5 Å². The molecule has 3 aromatic heterocycles. The van der Waals surface area contributed by atoms with Crippen LogP contribution in [0.2, 0.25) is 0 Å². The van der Waals surface area contributed by atoms with Crippen molar-refractivity contribution < 1.29 is 9.26 Å². The maximum atomic E-state index is 5.56. The summed E-state index contributed by atoms with van der Waals surface area (Å²) in [6.07, 6.45) is 9.90. The number of methoxy groups -OCH3 is 1. The number of hydrogen-bond donors (Lipinski definition) is 1. The number of aromatic nitrogens is 4. The van der Waals surface area contributed by atoms with Gasteiger partial charge in [0.05, 0.1) is 17.9 Å². The predicted molar refractivity (Wildman–Crippen MR) is 108 cm³/mol. The van der Waals surface area contributed by atoms with Gasteiger partial charge < -0.3 is 14.6 Å². The highest BCUT2D eigenvalue weighted by molar-refractivity contribution is 5.96. The van der Waals surface area contributed by atoms with Gasteiger partial charge in [0.25, 0.3) is 5.89 Å². The molecule has 1 aliphatic carbocycles. The van der Waals surface area contributed by atoms with E-state index in [1.54, 1.807) is 13.3 Å². The zero-order chi connectivity index (χ0) is 19.3. The Hall–Kier alpha value is -2.54. The molecule has 1 N–H and O–H groups in total. The number of anilines is 1. The molecule has 0 saturated heterocycles. The lowest BCUT2D eigenvalue weighted by molar-refractivity contribution is 0.199. The quantitative estimate of drug-likeness (QED) is 0.637. The van der Waals surface area contributed by atoms with E-state index in [9.17, 15) is 0 Å². The molecule has 1 saturated carbocycles. The number of nitrogens with zero attached hydrogens (tertiary/aromatic N) is 4. The summed E-state index contributed by atoms with van der Waals surface area (Å²) in [5.74, 6) is 1.12. The van der Waals surface area contributed by atoms with Crippen molar-refractivity contribution >= 4 is 16.7 Å². The molecule has 0 radical (unpaired) electrons. The van der Waals surface area contributed by atoms with Crippen molar-refractivity contribution in [3.05, 3.63) is 29.8 Å². The summed E-state index contributed by atoms with van der Waals surface area (Å²) in [6, 6.07) is 4.53. The van der Waals surface area contributed by atoms with Crippen LogP contribution in [0, 0.1) is 6.92 Å². The molecule has 0 amide bonds. The van der Waals surface area contributed by atoms with E-state index in [1.165, 1.54) is 38.5 Å². The lowest BCUT2D eigenvalue weighted by Crippen LogP contribution is -2.19. The number of nitrogens with one attached hydrogen (secondary N) is 1. The monoisotopic (exact) mass is 381 g/mol. The summed E-state index contributed by atoms with van der Waals surface area (Å²) in [4.78, 5) is 13.7. The molecule has 7 heteroatoms. The summed E-state index contributed by atoms with van der Waals surface area (Å²) in [7, 11) is 1.66. The van der Waals surface area contributed by atoms with Crippen molar-refractivity contribution in [3.63, 3.8) is 0 Å². The summed E-state index contributed by atoms with van der Waals surface area (Å²) in [5, 5.41) is 8.85. The van der Waals surface area contributed by atoms with Crippen molar-refractivity contribution in [2.24, 2.45) is 0 Å². The fourth-order valence-corrected chi connectivity index (χ4v) is 3.78. The highest BCUT2D eigenvalue weighted by Gasteiger charge is 2.20. The highest BCUT2D eigenvalue weighted by Crippen LogP contribution is 2.34. The maximum Gasteiger partial charge on any atom is 0.261 e. The standard InChI is InChI=1S/C21H27N5O2/c1-14-9-10-16-19(24-15-7-5-3-4-6-8-15)17(13-22-20(16)23-14)21-25-18(26-28-21)11-12-27-2/h9-10,13,15H,3-8,11-12H2,1-2H3,(H,22,23,24). The van der Waals surface area contributed by atoms with Crippen LogP contribution >= 0.6 is 0 Å². The average Bonchev–Trinajstić information content (AvgIpc) is 3.02. The Morgan fingerprint density at radius 1 is 1.14 bits per heavy atom. The molecule has 3 heterocycles. The molecule has 1 fully saturated rings. The average molecular weight is 381 g/mol. The molecular weight excluding hydrogens is 354 g/mol. The second kappa shape index (κ2) is 8.65. The van der Waals surface area contributed by atoms with E-state index in [0.29, 0.717) is 30.8 Å². The first-order chi connectivity index (χ1) is 13.7. The number of hydrogen-bond acceptors (Lipinski definition) is 7. The van der Waals surface area contributed by atoms with Crippen LogP contribution in [0.15, 0.2) is 22.9 Å². The van der Waals surface area contributed by atoms with Crippen molar-refractivity contribution in [1.29, 1.82) is 0 Å². The Kier molecular flexibility index (Phi) is 5.81. The van der Waals surface area contributed by atoms with E-state index in [2.05, 4.69) is 31.5 Å². The minimum absolute atomic E-state index is 0.434. The molecular formula is C21H27N5O2. The molecule has 0 bridgehead atoms. The third kappa shape index (κ3) is 4.14. The van der Waals surface area contributed by atoms with Crippen LogP contribution in [0.1, 0.15) is 50.0 Å². The summed E-state index contributed by atoms with van der Waals surface area (Å²) in [5.41, 5.74) is 3.51. The molecule has 4 rings (SSSR count). The van der Waals surface area contributed by atoms with E-state index in [4.69, 9.17) is 9.26 Å². The van der Waals surface area contributed by atoms with Crippen LogP contribution in [-0.4, -0.2) is 39.9 Å². The normalized spacial score (nSPS) is 15.6. The summed E-state index contributed by atoms with van der Waals surface area (Å²) in [6.45, 7) is 2.54. The fraction of sp³-hybridized carbons (Fsp3) is 0.524. The Morgan fingerprint density at radius 2 is 1.96 bits per heavy atom. The van der Waals surface area contributed by atoms with Crippen LogP contribution < -0.4 is 5.32 Å². The third-order valence-corrected chi connectivity index (χ3v) is 5.30. The van der Waals surface area contributed by atoms with Gasteiger partial charge in [-0.05, 0) is 31.9 Å². The fourth-order valence-electron chi connectivity index (χ4n) is 3.78. The molecule has 148 valence electrons. The number of aryl methyl sites for hydroxylation is 1.